The molecule has 0 aliphatic carbocycles. The molecule has 1 N–H and O–H groups in total. The first-order chi connectivity index (χ1) is 10.6. The fraction of sp³-hybridized carbons (Fsp3) is 0.333. The first-order valence-electron chi connectivity index (χ1n) is 7.17. The predicted octanol–water partition coefficient (Wildman–Crippen LogP) is 1.95. The molecule has 0 fully saturated rings. The number of nitrogens with zero attached hydrogens (tertiary/aromatic N) is 4. The quantitative estimate of drug-likeness (QED) is 0.743. The molecule has 6 nitrogen and oxygen atoms in total. The van der Waals surface area contributed by atoms with E-state index in [-0.39, 0.29) is 5.56 Å². The Morgan fingerprint density at radius 1 is 1.32 bits per heavy atom. The van der Waals surface area contributed by atoms with Gasteiger partial charge in [-0.2, -0.15) is 0 Å². The highest BCUT2D eigenvalue weighted by Gasteiger charge is 2.23. The summed E-state index contributed by atoms with van der Waals surface area (Å²) in [4.78, 5) is 32.4. The highest BCUT2D eigenvalue weighted by Crippen LogP contribution is 2.32. The van der Waals surface area contributed by atoms with Crippen LogP contribution in [0, 0.1) is 13.8 Å². The number of hydrogen-bond donors (Lipinski definition) is 1. The molecule has 0 unspecified atom stereocenters. The number of fused-ring (bicyclic) bond motifs is 2. The average molecular weight is 313 g/mol. The maximum absolute atomic E-state index is 11.8. The topological polar surface area (TPSA) is 74.8 Å². The molecule has 0 aromatic carbocycles. The van der Waals surface area contributed by atoms with Gasteiger partial charge in [0.25, 0.3) is 5.56 Å². The zero-order chi connectivity index (χ0) is 15.3. The highest BCUT2D eigenvalue weighted by molar-refractivity contribution is 7.18. The number of H-pyrrole nitrogens is 1. The molecule has 0 bridgehead atoms. The minimum absolute atomic E-state index is 0.0277. The van der Waals surface area contributed by atoms with E-state index in [0.29, 0.717) is 13.0 Å². The number of rotatable bonds is 1. The fourth-order valence-corrected chi connectivity index (χ4v) is 3.84. The molecule has 7 heteroatoms. The van der Waals surface area contributed by atoms with Gasteiger partial charge in [-0.3, -0.25) is 4.79 Å². The SMILES string of the molecule is Cc1nc(N2CCc3c(nc[nH]c3=O)C2)c2cc(C)sc2n1. The second kappa shape index (κ2) is 4.88. The van der Waals surface area contributed by atoms with Gasteiger partial charge in [0.1, 0.15) is 16.5 Å². The molecule has 1 aliphatic rings. The second-order valence-corrected chi connectivity index (χ2v) is 6.73. The minimum Gasteiger partial charge on any atom is -0.350 e. The number of aromatic amines is 1. The molecule has 112 valence electrons. The van der Waals surface area contributed by atoms with Crippen LogP contribution in [0.2, 0.25) is 0 Å². The number of anilines is 1. The third kappa shape index (κ3) is 2.09. The van der Waals surface area contributed by atoms with Gasteiger partial charge in [-0.1, -0.05) is 0 Å². The number of hydrogen-bond acceptors (Lipinski definition) is 6. The number of thiophene rings is 1. The van der Waals surface area contributed by atoms with Crippen LogP contribution in [0.5, 0.6) is 0 Å². The summed E-state index contributed by atoms with van der Waals surface area (Å²) in [5.41, 5.74) is 1.61. The Morgan fingerprint density at radius 3 is 3.05 bits per heavy atom. The Kier molecular flexibility index (Phi) is 2.97. The van der Waals surface area contributed by atoms with Crippen LogP contribution in [0.4, 0.5) is 5.82 Å². The summed E-state index contributed by atoms with van der Waals surface area (Å²) in [5.74, 6) is 1.72. The summed E-state index contributed by atoms with van der Waals surface area (Å²) in [6.45, 7) is 5.37. The average Bonchev–Trinajstić information content (AvgIpc) is 2.86. The normalized spacial score (nSPS) is 14.4. The van der Waals surface area contributed by atoms with Crippen LogP contribution in [0.25, 0.3) is 10.2 Å². The molecule has 0 amide bonds. The summed E-state index contributed by atoms with van der Waals surface area (Å²) < 4.78 is 0. The monoisotopic (exact) mass is 313 g/mol. The van der Waals surface area contributed by atoms with E-state index in [9.17, 15) is 4.79 Å². The molecule has 4 heterocycles. The van der Waals surface area contributed by atoms with Gasteiger partial charge in [0, 0.05) is 17.0 Å². The summed E-state index contributed by atoms with van der Waals surface area (Å²) in [5, 5.41) is 1.08. The molecule has 0 atom stereocenters. The van der Waals surface area contributed by atoms with Gasteiger partial charge >= 0.3 is 0 Å². The van der Waals surface area contributed by atoms with Crippen LogP contribution in [-0.4, -0.2) is 26.5 Å². The van der Waals surface area contributed by atoms with E-state index in [2.05, 4.69) is 37.8 Å². The molecule has 3 aromatic heterocycles. The minimum atomic E-state index is -0.0277. The fourth-order valence-electron chi connectivity index (χ4n) is 2.92. The second-order valence-electron chi connectivity index (χ2n) is 5.50. The molecule has 22 heavy (non-hydrogen) atoms. The van der Waals surface area contributed by atoms with E-state index >= 15 is 0 Å². The Labute approximate surface area is 130 Å². The van der Waals surface area contributed by atoms with Crippen LogP contribution < -0.4 is 10.5 Å². The van der Waals surface area contributed by atoms with E-state index in [1.54, 1.807) is 11.3 Å². The van der Waals surface area contributed by atoms with E-state index in [0.717, 1.165) is 39.7 Å². The summed E-state index contributed by atoms with van der Waals surface area (Å²) >= 11 is 1.68. The third-order valence-corrected chi connectivity index (χ3v) is 4.86. The van der Waals surface area contributed by atoms with Crippen molar-refractivity contribution in [2.24, 2.45) is 0 Å². The number of nitrogens with one attached hydrogen (secondary N) is 1. The van der Waals surface area contributed by atoms with Crippen LogP contribution in [0.3, 0.4) is 0 Å². The van der Waals surface area contributed by atoms with E-state index < -0.39 is 0 Å². The lowest BCUT2D eigenvalue weighted by Crippen LogP contribution is -2.35. The number of aromatic nitrogens is 4. The van der Waals surface area contributed by atoms with Gasteiger partial charge in [0.2, 0.25) is 0 Å². The van der Waals surface area contributed by atoms with E-state index in [1.165, 1.54) is 11.2 Å². The lowest BCUT2D eigenvalue weighted by molar-refractivity contribution is 0.688. The Bertz CT molecular complexity index is 929. The predicted molar refractivity (Wildman–Crippen MR) is 86.5 cm³/mol. The summed E-state index contributed by atoms with van der Waals surface area (Å²) in [6.07, 6.45) is 2.16. The molecule has 0 radical (unpaired) electrons. The Morgan fingerprint density at radius 2 is 2.18 bits per heavy atom. The zero-order valence-electron chi connectivity index (χ0n) is 12.4. The Hall–Kier alpha value is -2.28. The Balaban J connectivity index is 1.82. The van der Waals surface area contributed by atoms with Crippen molar-refractivity contribution >= 4 is 27.4 Å². The third-order valence-electron chi connectivity index (χ3n) is 3.92. The largest absolute Gasteiger partial charge is 0.350 e. The van der Waals surface area contributed by atoms with Crippen LogP contribution in [-0.2, 0) is 13.0 Å². The van der Waals surface area contributed by atoms with Crippen molar-refractivity contribution in [3.05, 3.63) is 44.7 Å². The van der Waals surface area contributed by atoms with Gasteiger partial charge < -0.3 is 9.88 Å². The van der Waals surface area contributed by atoms with Crippen molar-refractivity contribution in [2.45, 2.75) is 26.8 Å². The van der Waals surface area contributed by atoms with Gasteiger partial charge in [-0.25, -0.2) is 15.0 Å². The van der Waals surface area contributed by atoms with Crippen molar-refractivity contribution in [3.63, 3.8) is 0 Å². The molecular formula is C15H15N5OS. The summed E-state index contributed by atoms with van der Waals surface area (Å²) in [7, 11) is 0. The van der Waals surface area contributed by atoms with E-state index in [4.69, 9.17) is 0 Å². The maximum atomic E-state index is 11.8. The number of aryl methyl sites for hydroxylation is 2. The maximum Gasteiger partial charge on any atom is 0.254 e. The van der Waals surface area contributed by atoms with Crippen molar-refractivity contribution in [1.82, 2.24) is 19.9 Å². The standard InChI is InChI=1S/C15H15N5OS/c1-8-5-11-13(18-9(2)19-15(11)22-8)20-4-3-10-12(6-20)16-7-17-14(10)21/h5,7H,3-4,6H2,1-2H3,(H,16,17,21). The van der Waals surface area contributed by atoms with Gasteiger partial charge in [-0.05, 0) is 26.3 Å². The van der Waals surface area contributed by atoms with Crippen molar-refractivity contribution in [1.29, 1.82) is 0 Å². The van der Waals surface area contributed by atoms with Crippen LogP contribution in [0.1, 0.15) is 22.0 Å². The lowest BCUT2D eigenvalue weighted by atomic mass is 10.1. The molecule has 3 aromatic rings. The molecule has 0 saturated carbocycles. The first-order valence-corrected chi connectivity index (χ1v) is 7.98. The smallest absolute Gasteiger partial charge is 0.254 e. The summed E-state index contributed by atoms with van der Waals surface area (Å²) in [6, 6.07) is 2.13. The van der Waals surface area contributed by atoms with Crippen LogP contribution >= 0.6 is 11.3 Å². The molecule has 1 aliphatic heterocycles. The van der Waals surface area contributed by atoms with Crippen molar-refractivity contribution in [2.75, 3.05) is 11.4 Å². The molecular weight excluding hydrogens is 298 g/mol. The first kappa shape index (κ1) is 13.4. The van der Waals surface area contributed by atoms with Gasteiger partial charge in [0.05, 0.1) is 24.0 Å². The molecule has 0 spiro atoms. The molecule has 0 saturated heterocycles. The zero-order valence-corrected chi connectivity index (χ0v) is 13.2. The highest BCUT2D eigenvalue weighted by atomic mass is 32.1. The van der Waals surface area contributed by atoms with Gasteiger partial charge in [-0.15, -0.1) is 11.3 Å². The van der Waals surface area contributed by atoms with Crippen molar-refractivity contribution < 1.29 is 0 Å². The molecule has 4 rings (SSSR count). The van der Waals surface area contributed by atoms with Crippen LogP contribution in [0.15, 0.2) is 17.2 Å². The van der Waals surface area contributed by atoms with Crippen molar-refractivity contribution in [3.8, 4) is 0 Å². The lowest BCUT2D eigenvalue weighted by Gasteiger charge is -2.28. The van der Waals surface area contributed by atoms with E-state index in [1.807, 2.05) is 6.92 Å². The van der Waals surface area contributed by atoms with Gasteiger partial charge in [0.15, 0.2) is 0 Å².